The third-order valence-electron chi connectivity index (χ3n) is 6.93. The molecule has 0 spiro atoms. The standard InChI is InChI=1S/C22H37N5O2/c1-16(2)20(23-22(28)18-9-13-29-15-18)21-25-24-19-8-10-26(11-12-27(19)21)14-17-6-4-3-5-7-17/h16-18,20H,3-15H2,1-2H3,(H,23,28). The van der Waals surface area contributed by atoms with Gasteiger partial charge in [0.05, 0.1) is 18.6 Å². The summed E-state index contributed by atoms with van der Waals surface area (Å²) < 4.78 is 7.67. The molecule has 3 aliphatic rings. The summed E-state index contributed by atoms with van der Waals surface area (Å²) in [6.45, 7) is 9.74. The normalized spacial score (nSPS) is 25.0. The molecule has 1 saturated carbocycles. The van der Waals surface area contributed by atoms with Crippen molar-refractivity contribution in [2.45, 2.75) is 71.4 Å². The monoisotopic (exact) mass is 403 g/mol. The number of carbonyl (C=O) groups excluding carboxylic acids is 1. The number of hydrogen-bond acceptors (Lipinski definition) is 5. The molecule has 1 saturated heterocycles. The van der Waals surface area contributed by atoms with Crippen molar-refractivity contribution in [2.24, 2.45) is 17.8 Å². The van der Waals surface area contributed by atoms with Crippen molar-refractivity contribution >= 4 is 5.91 Å². The van der Waals surface area contributed by atoms with Gasteiger partial charge in [-0.05, 0) is 31.1 Å². The molecule has 2 aliphatic heterocycles. The number of fused-ring (bicyclic) bond motifs is 1. The van der Waals surface area contributed by atoms with Crippen LogP contribution in [0, 0.1) is 17.8 Å². The highest BCUT2D eigenvalue weighted by Crippen LogP contribution is 2.27. The van der Waals surface area contributed by atoms with E-state index in [4.69, 9.17) is 4.74 Å². The molecule has 1 N–H and O–H groups in total. The van der Waals surface area contributed by atoms with Crippen LogP contribution < -0.4 is 5.32 Å². The maximum absolute atomic E-state index is 12.7. The van der Waals surface area contributed by atoms with Crippen LogP contribution in [0.2, 0.25) is 0 Å². The van der Waals surface area contributed by atoms with E-state index < -0.39 is 0 Å². The van der Waals surface area contributed by atoms with Crippen LogP contribution in [0.25, 0.3) is 0 Å². The molecule has 3 heterocycles. The maximum atomic E-state index is 12.7. The SMILES string of the molecule is CC(C)C(NC(=O)C1CCOC1)c1nnc2n1CCN(CC1CCCCC1)CC2. The molecule has 1 aliphatic carbocycles. The molecule has 1 aromatic heterocycles. The van der Waals surface area contributed by atoms with Gasteiger partial charge in [-0.2, -0.15) is 0 Å². The van der Waals surface area contributed by atoms with Crippen LogP contribution >= 0.6 is 0 Å². The van der Waals surface area contributed by atoms with Crippen molar-refractivity contribution in [1.82, 2.24) is 25.0 Å². The molecule has 0 aromatic carbocycles. The Labute approximate surface area is 174 Å². The minimum absolute atomic E-state index is 0.0336. The first kappa shape index (κ1) is 20.8. The summed E-state index contributed by atoms with van der Waals surface area (Å²) in [5, 5.41) is 12.3. The van der Waals surface area contributed by atoms with Crippen molar-refractivity contribution in [3.63, 3.8) is 0 Å². The van der Waals surface area contributed by atoms with E-state index in [-0.39, 0.29) is 23.8 Å². The first-order valence-corrected chi connectivity index (χ1v) is 11.6. The number of nitrogens with one attached hydrogen (secondary N) is 1. The van der Waals surface area contributed by atoms with Gasteiger partial charge < -0.3 is 19.5 Å². The number of aromatic nitrogens is 3. The Kier molecular flexibility index (Phi) is 6.85. The second-order valence-electron chi connectivity index (χ2n) is 9.47. The van der Waals surface area contributed by atoms with Crippen LogP contribution in [0.1, 0.15) is 70.1 Å². The van der Waals surface area contributed by atoms with E-state index in [2.05, 4.69) is 38.8 Å². The molecule has 2 fully saturated rings. The summed E-state index contributed by atoms with van der Waals surface area (Å²) in [6.07, 6.45) is 8.74. The highest BCUT2D eigenvalue weighted by molar-refractivity contribution is 5.79. The van der Waals surface area contributed by atoms with Gasteiger partial charge >= 0.3 is 0 Å². The van der Waals surface area contributed by atoms with Crippen LogP contribution in [0.15, 0.2) is 0 Å². The lowest BCUT2D eigenvalue weighted by atomic mass is 9.89. The average molecular weight is 404 g/mol. The van der Waals surface area contributed by atoms with E-state index in [9.17, 15) is 4.79 Å². The number of ether oxygens (including phenoxy) is 1. The summed E-state index contributed by atoms with van der Waals surface area (Å²) in [4.78, 5) is 15.3. The van der Waals surface area contributed by atoms with Crippen molar-refractivity contribution in [1.29, 1.82) is 0 Å². The minimum atomic E-state index is -0.103. The molecular weight excluding hydrogens is 366 g/mol. The van der Waals surface area contributed by atoms with Crippen molar-refractivity contribution < 1.29 is 9.53 Å². The fourth-order valence-electron chi connectivity index (χ4n) is 5.08. The lowest BCUT2D eigenvalue weighted by Gasteiger charge is -2.28. The van der Waals surface area contributed by atoms with Gasteiger partial charge in [-0.25, -0.2) is 0 Å². The molecule has 29 heavy (non-hydrogen) atoms. The third-order valence-corrected chi connectivity index (χ3v) is 6.93. The summed E-state index contributed by atoms with van der Waals surface area (Å²) in [5.41, 5.74) is 0. The zero-order valence-electron chi connectivity index (χ0n) is 18.1. The Morgan fingerprint density at radius 2 is 1.97 bits per heavy atom. The molecule has 7 heteroatoms. The second-order valence-corrected chi connectivity index (χ2v) is 9.47. The largest absolute Gasteiger partial charge is 0.381 e. The Hall–Kier alpha value is -1.47. The summed E-state index contributed by atoms with van der Waals surface area (Å²) in [6, 6.07) is -0.103. The molecule has 0 bridgehead atoms. The molecular formula is C22H37N5O2. The molecule has 0 radical (unpaired) electrons. The second kappa shape index (κ2) is 9.56. The molecule has 4 rings (SSSR count). The van der Waals surface area contributed by atoms with Gasteiger partial charge in [-0.3, -0.25) is 4.79 Å². The number of hydrogen-bond donors (Lipinski definition) is 1. The molecule has 2 atom stereocenters. The Morgan fingerprint density at radius 3 is 2.69 bits per heavy atom. The maximum Gasteiger partial charge on any atom is 0.226 e. The first-order valence-electron chi connectivity index (χ1n) is 11.6. The summed E-state index contributed by atoms with van der Waals surface area (Å²) in [7, 11) is 0. The zero-order chi connectivity index (χ0) is 20.2. The zero-order valence-corrected chi connectivity index (χ0v) is 18.1. The Bertz CT molecular complexity index is 677. The fraction of sp³-hybridized carbons (Fsp3) is 0.864. The van der Waals surface area contributed by atoms with Gasteiger partial charge in [-0.15, -0.1) is 10.2 Å². The van der Waals surface area contributed by atoms with Crippen LogP contribution in [-0.2, 0) is 22.5 Å². The third kappa shape index (κ3) is 5.00. The molecule has 1 amide bonds. The smallest absolute Gasteiger partial charge is 0.226 e. The lowest BCUT2D eigenvalue weighted by molar-refractivity contribution is -0.126. The predicted molar refractivity (Wildman–Crippen MR) is 111 cm³/mol. The number of nitrogens with zero attached hydrogens (tertiary/aromatic N) is 4. The summed E-state index contributed by atoms with van der Waals surface area (Å²) in [5.74, 6) is 3.16. The van der Waals surface area contributed by atoms with Gasteiger partial charge in [0.15, 0.2) is 5.82 Å². The molecule has 162 valence electrons. The van der Waals surface area contributed by atoms with Gasteiger partial charge in [0.25, 0.3) is 0 Å². The van der Waals surface area contributed by atoms with E-state index >= 15 is 0 Å². The van der Waals surface area contributed by atoms with E-state index in [1.807, 2.05) is 0 Å². The van der Waals surface area contributed by atoms with Crippen molar-refractivity contribution in [3.05, 3.63) is 11.6 Å². The lowest BCUT2D eigenvalue weighted by Crippen LogP contribution is -2.38. The Morgan fingerprint density at radius 1 is 1.14 bits per heavy atom. The van der Waals surface area contributed by atoms with Gasteiger partial charge in [0, 0.05) is 39.2 Å². The summed E-state index contributed by atoms with van der Waals surface area (Å²) >= 11 is 0. The Balaban J connectivity index is 1.42. The van der Waals surface area contributed by atoms with Crippen molar-refractivity contribution in [3.8, 4) is 0 Å². The number of rotatable bonds is 6. The van der Waals surface area contributed by atoms with Gasteiger partial charge in [0.2, 0.25) is 5.91 Å². The van der Waals surface area contributed by atoms with Crippen LogP contribution in [-0.4, -0.2) is 58.4 Å². The van der Waals surface area contributed by atoms with E-state index in [1.54, 1.807) is 0 Å². The quantitative estimate of drug-likeness (QED) is 0.790. The van der Waals surface area contributed by atoms with Gasteiger partial charge in [-0.1, -0.05) is 33.1 Å². The van der Waals surface area contributed by atoms with E-state index in [0.29, 0.717) is 13.2 Å². The highest BCUT2D eigenvalue weighted by Gasteiger charge is 2.31. The van der Waals surface area contributed by atoms with Gasteiger partial charge in [0.1, 0.15) is 5.82 Å². The topological polar surface area (TPSA) is 72.3 Å². The molecule has 7 nitrogen and oxygen atoms in total. The van der Waals surface area contributed by atoms with Crippen LogP contribution in [0.3, 0.4) is 0 Å². The predicted octanol–water partition coefficient (Wildman–Crippen LogP) is 2.57. The van der Waals surface area contributed by atoms with Crippen LogP contribution in [0.4, 0.5) is 0 Å². The van der Waals surface area contributed by atoms with Crippen molar-refractivity contribution in [2.75, 3.05) is 32.8 Å². The van der Waals surface area contributed by atoms with E-state index in [1.165, 1.54) is 38.6 Å². The average Bonchev–Trinajstić information content (AvgIpc) is 3.35. The van der Waals surface area contributed by atoms with Crippen LogP contribution in [0.5, 0.6) is 0 Å². The van der Waals surface area contributed by atoms with E-state index in [0.717, 1.165) is 50.0 Å². The minimum Gasteiger partial charge on any atom is -0.381 e. The molecule has 2 unspecified atom stereocenters. The molecule has 1 aromatic rings. The number of amides is 1. The number of carbonyl (C=O) groups is 1. The fourth-order valence-corrected chi connectivity index (χ4v) is 5.08. The highest BCUT2D eigenvalue weighted by atomic mass is 16.5. The first-order chi connectivity index (χ1) is 14.1.